The van der Waals surface area contributed by atoms with Crippen LogP contribution >= 0.6 is 11.3 Å². The maximum atomic E-state index is 11.8. The van der Waals surface area contributed by atoms with Crippen LogP contribution in [-0.2, 0) is 17.9 Å². The van der Waals surface area contributed by atoms with Crippen molar-refractivity contribution in [1.29, 1.82) is 0 Å². The van der Waals surface area contributed by atoms with Gasteiger partial charge < -0.3 is 25.2 Å². The number of imidazole rings is 1. The number of carbonyl (C=O) groups is 1. The van der Waals surface area contributed by atoms with Crippen LogP contribution in [0.25, 0.3) is 4.96 Å². The number of rotatable bonds is 9. The summed E-state index contributed by atoms with van der Waals surface area (Å²) in [5, 5.41) is 17.2. The Morgan fingerprint density at radius 3 is 2.89 bits per heavy atom. The molecule has 27 heavy (non-hydrogen) atoms. The number of carbonyl (C=O) groups excluding carboxylic acids is 1. The van der Waals surface area contributed by atoms with E-state index in [4.69, 9.17) is 9.47 Å². The molecule has 3 aromatic rings. The van der Waals surface area contributed by atoms with E-state index in [-0.39, 0.29) is 19.2 Å². The standard InChI is InChI=1S/C18H22N4O4S/c1-25-16-4-2-13(3-5-16)11-26-12-15(23)9-20-17(24)19-8-14-10-22-6-7-27-18(22)21-14/h2-7,10,15,23H,8-9,11-12H2,1H3,(H2,19,20,24). The lowest BCUT2D eigenvalue weighted by atomic mass is 10.2. The van der Waals surface area contributed by atoms with Gasteiger partial charge in [-0.1, -0.05) is 12.1 Å². The van der Waals surface area contributed by atoms with Gasteiger partial charge in [-0.05, 0) is 17.7 Å². The van der Waals surface area contributed by atoms with E-state index in [1.54, 1.807) is 7.11 Å². The van der Waals surface area contributed by atoms with Crippen LogP contribution in [0, 0.1) is 0 Å². The molecule has 0 aliphatic carbocycles. The summed E-state index contributed by atoms with van der Waals surface area (Å²) in [6, 6.07) is 7.14. The molecule has 0 spiro atoms. The third-order valence-corrected chi connectivity index (χ3v) is 4.58. The number of hydrogen-bond donors (Lipinski definition) is 3. The second kappa shape index (κ2) is 9.36. The molecule has 0 aliphatic rings. The van der Waals surface area contributed by atoms with Crippen LogP contribution in [0.15, 0.2) is 42.0 Å². The van der Waals surface area contributed by atoms with Crippen molar-refractivity contribution in [2.45, 2.75) is 19.3 Å². The highest BCUT2D eigenvalue weighted by molar-refractivity contribution is 7.15. The first-order valence-corrected chi connectivity index (χ1v) is 9.33. The van der Waals surface area contributed by atoms with Gasteiger partial charge in [0.05, 0.1) is 38.7 Å². The summed E-state index contributed by atoms with van der Waals surface area (Å²) in [6.07, 6.45) is 3.00. The molecule has 2 amide bonds. The minimum absolute atomic E-state index is 0.104. The molecule has 8 nitrogen and oxygen atoms in total. The predicted molar refractivity (Wildman–Crippen MR) is 102 cm³/mol. The summed E-state index contributed by atoms with van der Waals surface area (Å²) >= 11 is 1.53. The number of fused-ring (bicyclic) bond motifs is 1. The van der Waals surface area contributed by atoms with Crippen molar-refractivity contribution in [3.05, 3.63) is 53.3 Å². The predicted octanol–water partition coefficient (Wildman–Crippen LogP) is 1.78. The average Bonchev–Trinajstić information content (AvgIpc) is 3.27. The number of aliphatic hydroxyl groups excluding tert-OH is 1. The van der Waals surface area contributed by atoms with Crippen molar-refractivity contribution in [2.75, 3.05) is 20.3 Å². The lowest BCUT2D eigenvalue weighted by Crippen LogP contribution is -2.40. The fourth-order valence-corrected chi connectivity index (χ4v) is 3.12. The quantitative estimate of drug-likeness (QED) is 0.518. The monoisotopic (exact) mass is 390 g/mol. The van der Waals surface area contributed by atoms with Crippen LogP contribution in [0.4, 0.5) is 4.79 Å². The highest BCUT2D eigenvalue weighted by atomic mass is 32.1. The zero-order valence-corrected chi connectivity index (χ0v) is 15.7. The number of aliphatic hydroxyl groups is 1. The number of urea groups is 1. The van der Waals surface area contributed by atoms with Gasteiger partial charge in [0.15, 0.2) is 4.96 Å². The number of benzene rings is 1. The minimum atomic E-state index is -0.785. The third-order valence-electron chi connectivity index (χ3n) is 3.81. The number of methoxy groups -OCH3 is 1. The van der Waals surface area contributed by atoms with Gasteiger partial charge in [0.2, 0.25) is 0 Å². The summed E-state index contributed by atoms with van der Waals surface area (Å²) in [7, 11) is 1.61. The Hall–Kier alpha value is -2.62. The molecule has 1 aromatic carbocycles. The normalized spacial score (nSPS) is 12.1. The summed E-state index contributed by atoms with van der Waals surface area (Å²) in [4.78, 5) is 17.1. The van der Waals surface area contributed by atoms with E-state index in [0.29, 0.717) is 13.2 Å². The summed E-state index contributed by atoms with van der Waals surface area (Å²) < 4.78 is 12.5. The molecule has 144 valence electrons. The number of amides is 2. The van der Waals surface area contributed by atoms with Gasteiger partial charge in [-0.2, -0.15) is 0 Å². The van der Waals surface area contributed by atoms with Crippen LogP contribution in [0.2, 0.25) is 0 Å². The molecule has 3 N–H and O–H groups in total. The molecule has 2 aromatic heterocycles. The molecule has 9 heteroatoms. The number of nitrogens with zero attached hydrogens (tertiary/aromatic N) is 2. The number of aromatic nitrogens is 2. The van der Waals surface area contributed by atoms with Gasteiger partial charge in [0.25, 0.3) is 0 Å². The first-order chi connectivity index (χ1) is 13.1. The largest absolute Gasteiger partial charge is 0.497 e. The highest BCUT2D eigenvalue weighted by Crippen LogP contribution is 2.12. The Morgan fingerprint density at radius 1 is 1.33 bits per heavy atom. The van der Waals surface area contributed by atoms with E-state index >= 15 is 0 Å². The maximum absolute atomic E-state index is 11.8. The van der Waals surface area contributed by atoms with Crippen molar-refractivity contribution >= 4 is 22.3 Å². The Labute approximate surface area is 160 Å². The molecule has 3 rings (SSSR count). The van der Waals surface area contributed by atoms with Crippen LogP contribution in [0.1, 0.15) is 11.3 Å². The van der Waals surface area contributed by atoms with Crippen molar-refractivity contribution in [1.82, 2.24) is 20.0 Å². The number of nitrogens with one attached hydrogen (secondary N) is 2. The van der Waals surface area contributed by atoms with Crippen LogP contribution in [0.3, 0.4) is 0 Å². The van der Waals surface area contributed by atoms with Crippen LogP contribution in [-0.4, -0.2) is 46.9 Å². The third kappa shape index (κ3) is 5.68. The van der Waals surface area contributed by atoms with E-state index in [0.717, 1.165) is 22.0 Å². The molecule has 1 atom stereocenters. The summed E-state index contributed by atoms with van der Waals surface area (Å²) in [5.74, 6) is 0.782. The first-order valence-electron chi connectivity index (χ1n) is 8.45. The number of hydrogen-bond acceptors (Lipinski definition) is 6. The van der Waals surface area contributed by atoms with Crippen molar-refractivity contribution in [3.63, 3.8) is 0 Å². The second-order valence-electron chi connectivity index (χ2n) is 5.91. The fourth-order valence-electron chi connectivity index (χ4n) is 2.40. The molecule has 0 bridgehead atoms. The molecule has 2 heterocycles. The zero-order chi connectivity index (χ0) is 19.1. The fraction of sp³-hybridized carbons (Fsp3) is 0.333. The lowest BCUT2D eigenvalue weighted by molar-refractivity contribution is 0.0300. The Bertz CT molecular complexity index is 833. The summed E-state index contributed by atoms with van der Waals surface area (Å²) in [5.41, 5.74) is 1.76. The molecule has 1 unspecified atom stereocenters. The SMILES string of the molecule is COc1ccc(COCC(O)CNC(=O)NCc2cn3ccsc3n2)cc1. The summed E-state index contributed by atoms with van der Waals surface area (Å²) in [6.45, 7) is 0.936. The van der Waals surface area contributed by atoms with E-state index in [9.17, 15) is 9.90 Å². The van der Waals surface area contributed by atoms with Gasteiger partial charge in [0, 0.05) is 24.3 Å². The Morgan fingerprint density at radius 2 is 2.15 bits per heavy atom. The van der Waals surface area contributed by atoms with Gasteiger partial charge in [-0.25, -0.2) is 9.78 Å². The molecular formula is C18H22N4O4S. The molecule has 0 saturated heterocycles. The minimum Gasteiger partial charge on any atom is -0.497 e. The van der Waals surface area contributed by atoms with E-state index in [1.807, 2.05) is 46.4 Å². The number of ether oxygens (including phenoxy) is 2. The number of thiazole rings is 1. The van der Waals surface area contributed by atoms with Gasteiger partial charge in [-0.15, -0.1) is 11.3 Å². The first kappa shape index (κ1) is 19.2. The maximum Gasteiger partial charge on any atom is 0.315 e. The van der Waals surface area contributed by atoms with Crippen molar-refractivity contribution < 1.29 is 19.4 Å². The van der Waals surface area contributed by atoms with Crippen LogP contribution in [0.5, 0.6) is 5.75 Å². The Balaban J connectivity index is 1.30. The average molecular weight is 390 g/mol. The lowest BCUT2D eigenvalue weighted by Gasteiger charge is -2.13. The van der Waals surface area contributed by atoms with Crippen LogP contribution < -0.4 is 15.4 Å². The molecule has 0 saturated carbocycles. The van der Waals surface area contributed by atoms with Gasteiger partial charge >= 0.3 is 6.03 Å². The molecule has 0 radical (unpaired) electrons. The van der Waals surface area contributed by atoms with Gasteiger partial charge in [-0.3, -0.25) is 4.40 Å². The van der Waals surface area contributed by atoms with Gasteiger partial charge in [0.1, 0.15) is 5.75 Å². The highest BCUT2D eigenvalue weighted by Gasteiger charge is 2.09. The van der Waals surface area contributed by atoms with E-state index in [1.165, 1.54) is 11.3 Å². The molecule has 0 fully saturated rings. The second-order valence-corrected chi connectivity index (χ2v) is 6.78. The van der Waals surface area contributed by atoms with E-state index < -0.39 is 6.10 Å². The Kier molecular flexibility index (Phi) is 6.64. The molecule has 0 aliphatic heterocycles. The van der Waals surface area contributed by atoms with E-state index in [2.05, 4.69) is 15.6 Å². The zero-order valence-electron chi connectivity index (χ0n) is 14.9. The smallest absolute Gasteiger partial charge is 0.315 e. The topological polar surface area (TPSA) is 97.1 Å². The van der Waals surface area contributed by atoms with Crippen molar-refractivity contribution in [2.24, 2.45) is 0 Å². The molecular weight excluding hydrogens is 368 g/mol. The van der Waals surface area contributed by atoms with Crippen molar-refractivity contribution in [3.8, 4) is 5.75 Å².